The molecule has 0 aromatic heterocycles. The molecule has 0 aliphatic heterocycles. The number of methoxy groups -OCH3 is 2. The van der Waals surface area contributed by atoms with E-state index in [0.29, 0.717) is 5.69 Å². The Balaban J connectivity index is 2.83. The van der Waals surface area contributed by atoms with Crippen molar-refractivity contribution in [3.8, 4) is 5.75 Å². The number of amides is 1. The molecule has 0 fully saturated rings. The van der Waals surface area contributed by atoms with E-state index in [1.54, 1.807) is 26.3 Å². The summed E-state index contributed by atoms with van der Waals surface area (Å²) in [6, 6.07) is 5.38. The van der Waals surface area contributed by atoms with E-state index in [-0.39, 0.29) is 12.3 Å². The zero-order chi connectivity index (χ0) is 13.7. The molecule has 0 N–H and O–H groups in total. The molecule has 1 amide bonds. The average molecular weight is 251 g/mol. The number of anilines is 1. The third-order valence-corrected chi connectivity index (χ3v) is 2.66. The highest BCUT2D eigenvalue weighted by molar-refractivity contribution is 6.03. The minimum atomic E-state index is -0.544. The van der Waals surface area contributed by atoms with Gasteiger partial charge in [0, 0.05) is 12.7 Å². The number of carbonyl (C=O) groups excluding carboxylic acids is 2. The van der Waals surface area contributed by atoms with Crippen LogP contribution in [0.15, 0.2) is 18.2 Å². The minimum absolute atomic E-state index is 0.266. The van der Waals surface area contributed by atoms with Crippen molar-refractivity contribution in [3.05, 3.63) is 23.8 Å². The molecule has 1 aromatic rings. The highest BCUT2D eigenvalue weighted by Crippen LogP contribution is 2.23. The first-order valence-corrected chi connectivity index (χ1v) is 5.47. The van der Waals surface area contributed by atoms with Gasteiger partial charge >= 0.3 is 5.97 Å². The van der Waals surface area contributed by atoms with Gasteiger partial charge in [-0.3, -0.25) is 9.59 Å². The van der Waals surface area contributed by atoms with Crippen LogP contribution in [-0.2, 0) is 14.3 Å². The van der Waals surface area contributed by atoms with Crippen LogP contribution in [0.3, 0.4) is 0 Å². The van der Waals surface area contributed by atoms with Crippen LogP contribution in [0.25, 0.3) is 0 Å². The predicted molar refractivity (Wildman–Crippen MR) is 67.8 cm³/mol. The van der Waals surface area contributed by atoms with Gasteiger partial charge in [-0.2, -0.15) is 0 Å². The number of hydrogen-bond acceptors (Lipinski definition) is 4. The van der Waals surface area contributed by atoms with Crippen LogP contribution in [0.2, 0.25) is 0 Å². The van der Waals surface area contributed by atoms with Crippen LogP contribution < -0.4 is 9.64 Å². The number of ether oxygens (including phenoxy) is 2. The van der Waals surface area contributed by atoms with Gasteiger partial charge in [0.2, 0.25) is 5.91 Å². The fraction of sp³-hybridized carbons (Fsp3) is 0.385. The molecule has 5 nitrogen and oxygen atoms in total. The van der Waals surface area contributed by atoms with E-state index >= 15 is 0 Å². The van der Waals surface area contributed by atoms with Crippen molar-refractivity contribution >= 4 is 17.6 Å². The van der Waals surface area contributed by atoms with Crippen molar-refractivity contribution in [3.63, 3.8) is 0 Å². The smallest absolute Gasteiger partial charge is 0.315 e. The van der Waals surface area contributed by atoms with Gasteiger partial charge in [-0.15, -0.1) is 0 Å². The monoisotopic (exact) mass is 251 g/mol. The van der Waals surface area contributed by atoms with Gasteiger partial charge in [0.25, 0.3) is 0 Å². The Morgan fingerprint density at radius 3 is 2.44 bits per heavy atom. The fourth-order valence-corrected chi connectivity index (χ4v) is 1.53. The lowest BCUT2D eigenvalue weighted by molar-refractivity contribution is -0.143. The Hall–Kier alpha value is -2.04. The van der Waals surface area contributed by atoms with Crippen molar-refractivity contribution in [2.75, 3.05) is 26.2 Å². The minimum Gasteiger partial charge on any atom is -0.496 e. The second-order valence-corrected chi connectivity index (χ2v) is 3.86. The summed E-state index contributed by atoms with van der Waals surface area (Å²) in [6.45, 7) is 1.89. The Morgan fingerprint density at radius 1 is 1.28 bits per heavy atom. The Labute approximate surface area is 106 Å². The van der Waals surface area contributed by atoms with Crippen LogP contribution in [0.1, 0.15) is 12.0 Å². The van der Waals surface area contributed by atoms with Gasteiger partial charge in [0.1, 0.15) is 12.2 Å². The Bertz CT molecular complexity index is 456. The van der Waals surface area contributed by atoms with Gasteiger partial charge in [-0.25, -0.2) is 0 Å². The van der Waals surface area contributed by atoms with Gasteiger partial charge < -0.3 is 14.4 Å². The van der Waals surface area contributed by atoms with Crippen molar-refractivity contribution in [1.82, 2.24) is 0 Å². The summed E-state index contributed by atoms with van der Waals surface area (Å²) in [4.78, 5) is 24.2. The first-order chi connectivity index (χ1) is 8.49. The molecule has 1 rings (SSSR count). The summed E-state index contributed by atoms with van der Waals surface area (Å²) in [7, 11) is 4.47. The fourth-order valence-electron chi connectivity index (χ4n) is 1.53. The van der Waals surface area contributed by atoms with E-state index in [0.717, 1.165) is 11.3 Å². The number of rotatable bonds is 4. The lowest BCUT2D eigenvalue weighted by Crippen LogP contribution is -2.28. The standard InChI is InChI=1S/C13H17NO4/c1-9-7-10(5-6-11(9)17-3)14(2)12(15)8-13(16)18-4/h5-7H,8H2,1-4H3. The second kappa shape index (κ2) is 6.05. The molecule has 0 aliphatic carbocycles. The number of carbonyl (C=O) groups is 2. The lowest BCUT2D eigenvalue weighted by Gasteiger charge is -2.18. The number of aryl methyl sites for hydroxylation is 1. The third kappa shape index (κ3) is 3.23. The molecule has 18 heavy (non-hydrogen) atoms. The summed E-state index contributed by atoms with van der Waals surface area (Å²) >= 11 is 0. The number of hydrogen-bond donors (Lipinski definition) is 0. The van der Waals surface area contributed by atoms with E-state index < -0.39 is 5.97 Å². The maximum Gasteiger partial charge on any atom is 0.315 e. The highest BCUT2D eigenvalue weighted by Gasteiger charge is 2.16. The first kappa shape index (κ1) is 14.0. The molecule has 0 aliphatic rings. The summed E-state index contributed by atoms with van der Waals surface area (Å²) in [6.07, 6.45) is -0.266. The molecular weight excluding hydrogens is 234 g/mol. The molecule has 5 heteroatoms. The van der Waals surface area contributed by atoms with Crippen molar-refractivity contribution in [2.24, 2.45) is 0 Å². The molecule has 0 atom stereocenters. The Kier molecular flexibility index (Phi) is 4.71. The third-order valence-electron chi connectivity index (χ3n) is 2.66. The SMILES string of the molecule is COC(=O)CC(=O)N(C)c1ccc(OC)c(C)c1. The van der Waals surface area contributed by atoms with Crippen LogP contribution in [0.5, 0.6) is 5.75 Å². The van der Waals surface area contributed by atoms with Crippen molar-refractivity contribution in [2.45, 2.75) is 13.3 Å². The normalized spacial score (nSPS) is 9.78. The molecule has 0 radical (unpaired) electrons. The summed E-state index contributed by atoms with van der Waals surface area (Å²) in [5, 5.41) is 0. The summed E-state index contributed by atoms with van der Waals surface area (Å²) in [5.41, 5.74) is 1.63. The van der Waals surface area contributed by atoms with Gasteiger partial charge in [0.15, 0.2) is 0 Å². The molecule has 0 saturated heterocycles. The average Bonchev–Trinajstić information content (AvgIpc) is 2.37. The molecule has 0 heterocycles. The van der Waals surface area contributed by atoms with Crippen LogP contribution in [0.4, 0.5) is 5.69 Å². The van der Waals surface area contributed by atoms with Crippen LogP contribution in [-0.4, -0.2) is 33.1 Å². The molecule has 0 unspecified atom stereocenters. The van der Waals surface area contributed by atoms with Crippen molar-refractivity contribution in [1.29, 1.82) is 0 Å². The quantitative estimate of drug-likeness (QED) is 0.601. The first-order valence-electron chi connectivity index (χ1n) is 5.47. The zero-order valence-corrected chi connectivity index (χ0v) is 11.0. The Morgan fingerprint density at radius 2 is 1.94 bits per heavy atom. The van der Waals surface area contributed by atoms with Gasteiger partial charge in [0.05, 0.1) is 14.2 Å². The zero-order valence-electron chi connectivity index (χ0n) is 11.0. The second-order valence-electron chi connectivity index (χ2n) is 3.86. The van der Waals surface area contributed by atoms with E-state index in [4.69, 9.17) is 4.74 Å². The molecule has 0 saturated carbocycles. The van der Waals surface area contributed by atoms with Crippen LogP contribution in [0, 0.1) is 6.92 Å². The lowest BCUT2D eigenvalue weighted by atomic mass is 10.2. The van der Waals surface area contributed by atoms with Gasteiger partial charge in [-0.05, 0) is 30.7 Å². The number of nitrogens with zero attached hydrogens (tertiary/aromatic N) is 1. The highest BCUT2D eigenvalue weighted by atomic mass is 16.5. The molecule has 1 aromatic carbocycles. The maximum atomic E-state index is 11.8. The number of benzene rings is 1. The van der Waals surface area contributed by atoms with E-state index in [1.165, 1.54) is 12.0 Å². The summed E-state index contributed by atoms with van der Waals surface area (Å²) < 4.78 is 9.61. The largest absolute Gasteiger partial charge is 0.496 e. The molecule has 0 bridgehead atoms. The molecule has 0 spiro atoms. The summed E-state index contributed by atoms with van der Waals surface area (Å²) in [5.74, 6) is -0.101. The van der Waals surface area contributed by atoms with Crippen LogP contribution >= 0.6 is 0 Å². The van der Waals surface area contributed by atoms with E-state index in [9.17, 15) is 9.59 Å². The van der Waals surface area contributed by atoms with Gasteiger partial charge in [-0.1, -0.05) is 0 Å². The van der Waals surface area contributed by atoms with Crippen molar-refractivity contribution < 1.29 is 19.1 Å². The maximum absolute atomic E-state index is 11.8. The predicted octanol–water partition coefficient (Wildman–Crippen LogP) is 1.53. The van der Waals surface area contributed by atoms with E-state index in [1.807, 2.05) is 13.0 Å². The number of esters is 1. The van der Waals surface area contributed by atoms with E-state index in [2.05, 4.69) is 4.74 Å². The topological polar surface area (TPSA) is 55.8 Å². The molecule has 98 valence electrons. The molecular formula is C13H17NO4.